The molecule has 0 amide bonds. The van der Waals surface area contributed by atoms with E-state index in [1.54, 1.807) is 6.07 Å². The van der Waals surface area contributed by atoms with Crippen LogP contribution in [0.2, 0.25) is 0 Å². The standard InChI is InChI=1S/C10H11NO3/c1-6-2-3-8-7(4-6)11-5-9(14-8)10(12)13/h2-4,9,11H,5H2,1H3,(H,12,13). The number of nitrogens with one attached hydrogen (secondary N) is 1. The van der Waals surface area contributed by atoms with Crippen LogP contribution in [-0.4, -0.2) is 23.7 Å². The van der Waals surface area contributed by atoms with Crippen molar-refractivity contribution in [3.63, 3.8) is 0 Å². The number of rotatable bonds is 1. The van der Waals surface area contributed by atoms with Crippen LogP contribution in [0.3, 0.4) is 0 Å². The first-order chi connectivity index (χ1) is 6.66. The Hall–Kier alpha value is -1.71. The van der Waals surface area contributed by atoms with E-state index in [1.807, 2.05) is 19.1 Å². The Labute approximate surface area is 81.5 Å². The number of ether oxygens (including phenoxy) is 1. The van der Waals surface area contributed by atoms with Crippen LogP contribution in [0.25, 0.3) is 0 Å². The number of carbonyl (C=O) groups is 1. The summed E-state index contributed by atoms with van der Waals surface area (Å²) in [5.41, 5.74) is 1.98. The normalized spacial score (nSPS) is 19.1. The highest BCUT2D eigenvalue weighted by Crippen LogP contribution is 2.29. The summed E-state index contributed by atoms with van der Waals surface area (Å²) in [6.07, 6.45) is -0.787. The lowest BCUT2D eigenvalue weighted by atomic mass is 10.1. The fourth-order valence-corrected chi connectivity index (χ4v) is 1.42. The van der Waals surface area contributed by atoms with Crippen LogP contribution < -0.4 is 10.1 Å². The predicted octanol–water partition coefficient (Wildman–Crippen LogP) is 1.25. The van der Waals surface area contributed by atoms with Gasteiger partial charge in [0, 0.05) is 0 Å². The van der Waals surface area contributed by atoms with E-state index < -0.39 is 12.1 Å². The Kier molecular flexibility index (Phi) is 2.04. The Balaban J connectivity index is 2.27. The summed E-state index contributed by atoms with van der Waals surface area (Å²) < 4.78 is 5.29. The van der Waals surface area contributed by atoms with Gasteiger partial charge < -0.3 is 15.2 Å². The van der Waals surface area contributed by atoms with E-state index >= 15 is 0 Å². The molecule has 0 fully saturated rings. The first kappa shape index (κ1) is 8.87. The quantitative estimate of drug-likeness (QED) is 0.704. The van der Waals surface area contributed by atoms with Crippen LogP contribution >= 0.6 is 0 Å². The Morgan fingerprint density at radius 2 is 2.43 bits per heavy atom. The van der Waals surface area contributed by atoms with E-state index in [4.69, 9.17) is 9.84 Å². The maximum Gasteiger partial charge on any atom is 0.346 e. The van der Waals surface area contributed by atoms with Gasteiger partial charge in [0.15, 0.2) is 0 Å². The summed E-state index contributed by atoms with van der Waals surface area (Å²) in [5.74, 6) is -0.335. The molecule has 0 aromatic heterocycles. The first-order valence-corrected chi connectivity index (χ1v) is 4.41. The number of aliphatic carboxylic acids is 1. The second-order valence-corrected chi connectivity index (χ2v) is 3.33. The van der Waals surface area contributed by atoms with Gasteiger partial charge in [-0.3, -0.25) is 0 Å². The van der Waals surface area contributed by atoms with Gasteiger partial charge in [0.1, 0.15) is 5.75 Å². The van der Waals surface area contributed by atoms with Gasteiger partial charge >= 0.3 is 5.97 Å². The van der Waals surface area contributed by atoms with E-state index in [0.29, 0.717) is 12.3 Å². The Morgan fingerprint density at radius 3 is 3.14 bits per heavy atom. The molecule has 14 heavy (non-hydrogen) atoms. The summed E-state index contributed by atoms with van der Waals surface area (Å²) in [6.45, 7) is 2.29. The Bertz CT molecular complexity index is 376. The molecule has 2 rings (SSSR count). The van der Waals surface area contributed by atoms with E-state index in [0.717, 1.165) is 11.3 Å². The molecule has 2 N–H and O–H groups in total. The highest BCUT2D eigenvalue weighted by molar-refractivity contribution is 5.75. The number of anilines is 1. The third-order valence-electron chi connectivity index (χ3n) is 2.16. The number of hydrogen-bond acceptors (Lipinski definition) is 3. The minimum absolute atomic E-state index is 0.311. The van der Waals surface area contributed by atoms with E-state index in [2.05, 4.69) is 5.32 Å². The molecule has 0 spiro atoms. The largest absolute Gasteiger partial charge is 0.478 e. The lowest BCUT2D eigenvalue weighted by Crippen LogP contribution is -2.37. The third-order valence-corrected chi connectivity index (χ3v) is 2.16. The summed E-state index contributed by atoms with van der Waals surface area (Å²) >= 11 is 0. The number of aryl methyl sites for hydroxylation is 1. The monoisotopic (exact) mass is 193 g/mol. The maximum absolute atomic E-state index is 10.7. The molecule has 0 aliphatic carbocycles. The zero-order chi connectivity index (χ0) is 10.1. The van der Waals surface area contributed by atoms with Gasteiger partial charge in [-0.05, 0) is 24.6 Å². The van der Waals surface area contributed by atoms with Crippen molar-refractivity contribution in [1.29, 1.82) is 0 Å². The van der Waals surface area contributed by atoms with Gasteiger partial charge in [0.2, 0.25) is 6.10 Å². The lowest BCUT2D eigenvalue weighted by molar-refractivity contribution is -0.144. The minimum atomic E-state index is -0.941. The molecule has 0 saturated carbocycles. The van der Waals surface area contributed by atoms with E-state index in [9.17, 15) is 4.79 Å². The fraction of sp³-hybridized carbons (Fsp3) is 0.300. The van der Waals surface area contributed by atoms with Gasteiger partial charge in [-0.25, -0.2) is 4.79 Å². The predicted molar refractivity (Wildman–Crippen MR) is 51.7 cm³/mol. The summed E-state index contributed by atoms with van der Waals surface area (Å²) in [7, 11) is 0. The molecule has 0 radical (unpaired) electrons. The molecule has 4 heteroatoms. The van der Waals surface area contributed by atoms with Crippen molar-refractivity contribution in [2.24, 2.45) is 0 Å². The number of carboxylic acid groups (broad SMARTS) is 1. The Morgan fingerprint density at radius 1 is 1.64 bits per heavy atom. The van der Waals surface area contributed by atoms with Crippen LogP contribution in [0.4, 0.5) is 5.69 Å². The average Bonchev–Trinajstić information content (AvgIpc) is 2.16. The topological polar surface area (TPSA) is 58.6 Å². The van der Waals surface area contributed by atoms with Crippen molar-refractivity contribution >= 4 is 11.7 Å². The van der Waals surface area contributed by atoms with Crippen molar-refractivity contribution < 1.29 is 14.6 Å². The molecule has 1 aliphatic heterocycles. The third kappa shape index (κ3) is 1.51. The molecule has 1 aliphatic rings. The zero-order valence-electron chi connectivity index (χ0n) is 7.78. The van der Waals surface area contributed by atoms with Crippen LogP contribution in [0.15, 0.2) is 18.2 Å². The molecule has 0 bridgehead atoms. The first-order valence-electron chi connectivity index (χ1n) is 4.41. The maximum atomic E-state index is 10.7. The molecule has 1 heterocycles. The van der Waals surface area contributed by atoms with Crippen LogP contribution in [0, 0.1) is 6.92 Å². The van der Waals surface area contributed by atoms with Gasteiger partial charge in [-0.1, -0.05) is 6.07 Å². The minimum Gasteiger partial charge on any atom is -0.478 e. The summed E-state index contributed by atoms with van der Waals surface area (Å²) in [4.78, 5) is 10.7. The van der Waals surface area contributed by atoms with Crippen molar-refractivity contribution in [3.05, 3.63) is 23.8 Å². The van der Waals surface area contributed by atoms with Crippen LogP contribution in [-0.2, 0) is 4.79 Å². The molecule has 74 valence electrons. The van der Waals surface area contributed by atoms with E-state index in [-0.39, 0.29) is 0 Å². The number of hydrogen-bond donors (Lipinski definition) is 2. The molecular formula is C10H11NO3. The average molecular weight is 193 g/mol. The molecule has 4 nitrogen and oxygen atoms in total. The van der Waals surface area contributed by atoms with Gasteiger partial charge in [0.25, 0.3) is 0 Å². The highest BCUT2D eigenvalue weighted by Gasteiger charge is 2.24. The molecule has 0 saturated heterocycles. The molecule has 1 atom stereocenters. The molecule has 1 unspecified atom stereocenters. The fourth-order valence-electron chi connectivity index (χ4n) is 1.42. The van der Waals surface area contributed by atoms with Gasteiger partial charge in [-0.15, -0.1) is 0 Å². The number of fused-ring (bicyclic) bond motifs is 1. The van der Waals surface area contributed by atoms with Crippen molar-refractivity contribution in [3.8, 4) is 5.75 Å². The molecule has 1 aromatic rings. The molecular weight excluding hydrogens is 182 g/mol. The van der Waals surface area contributed by atoms with Crippen LogP contribution in [0.5, 0.6) is 5.75 Å². The summed E-state index contributed by atoms with van der Waals surface area (Å²) in [5, 5.41) is 11.8. The second kappa shape index (κ2) is 3.21. The van der Waals surface area contributed by atoms with Crippen molar-refractivity contribution in [2.45, 2.75) is 13.0 Å². The zero-order valence-corrected chi connectivity index (χ0v) is 7.78. The smallest absolute Gasteiger partial charge is 0.346 e. The van der Waals surface area contributed by atoms with Crippen LogP contribution in [0.1, 0.15) is 5.56 Å². The second-order valence-electron chi connectivity index (χ2n) is 3.33. The van der Waals surface area contributed by atoms with E-state index in [1.165, 1.54) is 0 Å². The summed E-state index contributed by atoms with van der Waals surface area (Å²) in [6, 6.07) is 5.62. The van der Waals surface area contributed by atoms with Crippen molar-refractivity contribution in [1.82, 2.24) is 0 Å². The van der Waals surface area contributed by atoms with Gasteiger partial charge in [-0.2, -0.15) is 0 Å². The molecule has 1 aromatic carbocycles. The lowest BCUT2D eigenvalue weighted by Gasteiger charge is -2.24. The van der Waals surface area contributed by atoms with Crippen molar-refractivity contribution in [2.75, 3.05) is 11.9 Å². The SMILES string of the molecule is Cc1ccc2c(c1)NCC(C(=O)O)O2. The van der Waals surface area contributed by atoms with Gasteiger partial charge in [0.05, 0.1) is 12.2 Å². The number of carboxylic acids is 1. The highest BCUT2D eigenvalue weighted by atomic mass is 16.5. The number of benzene rings is 1.